The third-order valence-electron chi connectivity index (χ3n) is 9.72. The number of carbonyl (C=O) groups is 3. The van der Waals surface area contributed by atoms with Gasteiger partial charge in [-0.05, 0) is 71.3 Å². The molecule has 0 radical (unpaired) electrons. The number of carbonyl (C=O) groups excluding carboxylic acids is 3. The van der Waals surface area contributed by atoms with Crippen molar-refractivity contribution in [3.8, 4) is 5.75 Å². The number of likely N-dealkylation sites (tertiary alicyclic amines) is 1. The molecule has 1 fully saturated rings. The number of piperidine rings is 1. The highest BCUT2D eigenvalue weighted by atomic mass is 16.6. The van der Waals surface area contributed by atoms with Crippen molar-refractivity contribution in [3.63, 3.8) is 0 Å². The predicted octanol–water partition coefficient (Wildman–Crippen LogP) is 1.20. The first kappa shape index (κ1) is 30.5. The number of esters is 2. The predicted molar refractivity (Wildman–Crippen MR) is 152 cm³/mol. The highest BCUT2D eigenvalue weighted by Gasteiger charge is 2.71. The van der Waals surface area contributed by atoms with Gasteiger partial charge >= 0.3 is 11.9 Å². The van der Waals surface area contributed by atoms with Crippen LogP contribution in [0, 0.1) is 5.92 Å². The van der Waals surface area contributed by atoms with E-state index in [1.54, 1.807) is 13.0 Å². The highest BCUT2D eigenvalue weighted by Crippen LogP contribution is 2.64. The number of hydrogen-bond acceptors (Lipinski definition) is 10. The molecule has 0 aromatic heterocycles. The SMILES string of the molecule is C[C@H](NC(=O)[C@@H](C)CCCCN)C(=O)O[C@@H](C)C(=O)OC1=CC[C@@]2(O)[C@H]3Cc4ccc(CO)c5c4[C@@]2(CCN3C)[C@H]1O5. The molecule has 11 heteroatoms. The van der Waals surface area contributed by atoms with Crippen LogP contribution in [0.1, 0.15) is 69.6 Å². The number of ether oxygens (including phenoxy) is 3. The summed E-state index contributed by atoms with van der Waals surface area (Å²) in [6.07, 6.45) is 3.46. The molecule has 5 rings (SSSR count). The Morgan fingerprint density at radius 3 is 2.69 bits per heavy atom. The number of benzene rings is 1. The van der Waals surface area contributed by atoms with E-state index in [0.29, 0.717) is 37.1 Å². The van der Waals surface area contributed by atoms with Gasteiger partial charge in [0.2, 0.25) is 5.91 Å². The van der Waals surface area contributed by atoms with Crippen molar-refractivity contribution in [2.24, 2.45) is 11.7 Å². The molecule has 11 nitrogen and oxygen atoms in total. The van der Waals surface area contributed by atoms with Crippen molar-refractivity contribution in [2.75, 3.05) is 20.1 Å². The molecule has 1 aromatic carbocycles. The Bertz CT molecular complexity index is 1280. The number of likely N-dealkylation sites (N-methyl/N-ethyl adjacent to an activating group) is 1. The van der Waals surface area contributed by atoms with Gasteiger partial charge < -0.3 is 40.4 Å². The molecule has 0 saturated carbocycles. The molecule has 1 amide bonds. The fourth-order valence-corrected chi connectivity index (χ4v) is 7.30. The molecule has 2 aliphatic carbocycles. The Morgan fingerprint density at radius 1 is 1.21 bits per heavy atom. The van der Waals surface area contributed by atoms with E-state index in [-0.39, 0.29) is 36.7 Å². The van der Waals surface area contributed by atoms with Gasteiger partial charge in [0, 0.05) is 29.5 Å². The number of aliphatic hydroxyl groups is 2. The molecule has 1 spiro atoms. The number of aliphatic hydroxyl groups excluding tert-OH is 1. The molecule has 2 aliphatic heterocycles. The lowest BCUT2D eigenvalue weighted by atomic mass is 9.50. The minimum absolute atomic E-state index is 0.149. The summed E-state index contributed by atoms with van der Waals surface area (Å²) < 4.78 is 17.7. The van der Waals surface area contributed by atoms with Crippen LogP contribution in [-0.4, -0.2) is 83.0 Å². The Labute approximate surface area is 246 Å². The molecule has 7 atom stereocenters. The number of nitrogens with one attached hydrogen (secondary N) is 1. The molecule has 1 saturated heterocycles. The zero-order valence-corrected chi connectivity index (χ0v) is 24.9. The van der Waals surface area contributed by atoms with Gasteiger partial charge in [-0.15, -0.1) is 0 Å². The third kappa shape index (κ3) is 4.80. The second kappa shape index (κ2) is 11.6. The summed E-state index contributed by atoms with van der Waals surface area (Å²) in [6.45, 7) is 5.78. The maximum atomic E-state index is 13.2. The molecule has 2 heterocycles. The zero-order chi connectivity index (χ0) is 30.4. The van der Waals surface area contributed by atoms with Crippen molar-refractivity contribution in [3.05, 3.63) is 40.7 Å². The van der Waals surface area contributed by atoms with Crippen LogP contribution >= 0.6 is 0 Å². The quantitative estimate of drug-likeness (QED) is 0.219. The minimum Gasteiger partial charge on any atom is -0.481 e. The third-order valence-corrected chi connectivity index (χ3v) is 9.72. The smallest absolute Gasteiger partial charge is 0.352 e. The fourth-order valence-electron chi connectivity index (χ4n) is 7.30. The van der Waals surface area contributed by atoms with Gasteiger partial charge in [0.25, 0.3) is 0 Å². The van der Waals surface area contributed by atoms with Crippen molar-refractivity contribution >= 4 is 17.8 Å². The van der Waals surface area contributed by atoms with Crippen LogP contribution in [0.25, 0.3) is 0 Å². The Kier molecular flexibility index (Phi) is 8.41. The van der Waals surface area contributed by atoms with Crippen LogP contribution in [0.3, 0.4) is 0 Å². The van der Waals surface area contributed by atoms with Gasteiger partial charge in [-0.25, -0.2) is 9.59 Å². The van der Waals surface area contributed by atoms with Gasteiger partial charge in [0.15, 0.2) is 12.2 Å². The Morgan fingerprint density at radius 2 is 1.98 bits per heavy atom. The monoisotopic (exact) mass is 585 g/mol. The minimum atomic E-state index is -1.25. The van der Waals surface area contributed by atoms with Crippen LogP contribution in [0.15, 0.2) is 24.0 Å². The molecule has 5 N–H and O–H groups in total. The number of hydrogen-bond donors (Lipinski definition) is 4. The van der Waals surface area contributed by atoms with E-state index in [1.165, 1.54) is 13.8 Å². The lowest BCUT2D eigenvalue weighted by molar-refractivity contribution is -0.176. The maximum Gasteiger partial charge on any atom is 0.352 e. The summed E-state index contributed by atoms with van der Waals surface area (Å²) in [5, 5.41) is 25.0. The van der Waals surface area contributed by atoms with Gasteiger partial charge in [-0.1, -0.05) is 25.5 Å². The van der Waals surface area contributed by atoms with Crippen molar-refractivity contribution in [2.45, 2.75) is 101 Å². The second-order valence-corrected chi connectivity index (χ2v) is 12.3. The molecule has 2 bridgehead atoms. The van der Waals surface area contributed by atoms with Crippen LogP contribution in [0.2, 0.25) is 0 Å². The number of amides is 1. The van der Waals surface area contributed by atoms with Gasteiger partial charge in [0.1, 0.15) is 17.6 Å². The first-order chi connectivity index (χ1) is 20.0. The molecular formula is C31H43N3O8. The lowest BCUT2D eigenvalue weighted by Crippen LogP contribution is -2.74. The van der Waals surface area contributed by atoms with E-state index in [9.17, 15) is 24.6 Å². The maximum absolute atomic E-state index is 13.2. The summed E-state index contributed by atoms with van der Waals surface area (Å²) >= 11 is 0. The van der Waals surface area contributed by atoms with Crippen LogP contribution in [0.5, 0.6) is 5.75 Å². The average molecular weight is 586 g/mol. The topological polar surface area (TPSA) is 161 Å². The van der Waals surface area contributed by atoms with Crippen LogP contribution in [-0.2, 0) is 42.3 Å². The Balaban J connectivity index is 1.29. The van der Waals surface area contributed by atoms with Gasteiger partial charge in [-0.3, -0.25) is 4.79 Å². The molecule has 4 aliphatic rings. The molecule has 0 unspecified atom stereocenters. The van der Waals surface area contributed by atoms with E-state index >= 15 is 0 Å². The summed E-state index contributed by atoms with van der Waals surface area (Å²) in [6, 6.07) is 2.74. The van der Waals surface area contributed by atoms with Crippen LogP contribution < -0.4 is 15.8 Å². The van der Waals surface area contributed by atoms with Crippen molar-refractivity contribution in [1.82, 2.24) is 10.2 Å². The standard InChI is InChI=1S/C31H43N3O8/c1-17(7-5-6-13-32)27(36)33-18(2)28(37)40-19(3)29(38)41-22-10-11-31(39)23-15-20-8-9-21(16-35)25-24(20)30(31,26(22)42-25)12-14-34(23)4/h8-10,17-19,23,26,35,39H,5-7,11-16,32H2,1-4H3,(H,33,36)/t17-,18-,19-,23+,26-,30-,31+/m0/s1. The van der Waals surface area contributed by atoms with E-state index in [2.05, 4.69) is 10.2 Å². The van der Waals surface area contributed by atoms with Gasteiger partial charge in [0.05, 0.1) is 17.6 Å². The van der Waals surface area contributed by atoms with E-state index in [4.69, 9.17) is 19.9 Å². The number of nitrogens with two attached hydrogens (primary N) is 1. The van der Waals surface area contributed by atoms with Gasteiger partial charge in [-0.2, -0.15) is 0 Å². The van der Waals surface area contributed by atoms with E-state index in [0.717, 1.165) is 30.5 Å². The normalized spacial score (nSPS) is 29.4. The highest BCUT2D eigenvalue weighted by molar-refractivity contribution is 5.87. The summed E-state index contributed by atoms with van der Waals surface area (Å²) in [7, 11) is 2.01. The fraction of sp³-hybridized carbons (Fsp3) is 0.645. The summed E-state index contributed by atoms with van der Waals surface area (Å²) in [5.41, 5.74) is 6.09. The van der Waals surface area contributed by atoms with E-state index in [1.807, 2.05) is 19.2 Å². The number of nitrogens with zero attached hydrogens (tertiary/aromatic N) is 1. The molecule has 1 aromatic rings. The largest absolute Gasteiger partial charge is 0.481 e. The van der Waals surface area contributed by atoms with Crippen molar-refractivity contribution in [1.29, 1.82) is 0 Å². The lowest BCUT2D eigenvalue weighted by Gasteiger charge is -2.61. The Hall–Kier alpha value is -2.99. The molecule has 230 valence electrons. The number of rotatable bonds is 11. The van der Waals surface area contributed by atoms with Crippen LogP contribution in [0.4, 0.5) is 0 Å². The molecule has 42 heavy (non-hydrogen) atoms. The average Bonchev–Trinajstić information content (AvgIpc) is 3.32. The first-order valence-corrected chi connectivity index (χ1v) is 15.0. The van der Waals surface area contributed by atoms with Crippen molar-refractivity contribution < 1.29 is 38.8 Å². The zero-order valence-electron chi connectivity index (χ0n) is 24.9. The first-order valence-electron chi connectivity index (χ1n) is 15.0. The second-order valence-electron chi connectivity index (χ2n) is 12.3. The summed E-state index contributed by atoms with van der Waals surface area (Å²) in [4.78, 5) is 40.5. The molecular weight excluding hydrogens is 542 g/mol. The van der Waals surface area contributed by atoms with E-state index < -0.39 is 41.2 Å². The summed E-state index contributed by atoms with van der Waals surface area (Å²) in [5.74, 6) is -1.28. The number of unbranched alkanes of at least 4 members (excludes halogenated alkanes) is 1.